The fourth-order valence-electron chi connectivity index (χ4n) is 2.45. The molecule has 0 unspecified atom stereocenters. The number of ether oxygens (including phenoxy) is 1. The number of halogens is 1. The molecule has 0 aromatic rings. The second-order valence-corrected chi connectivity index (χ2v) is 6.24. The van der Waals surface area contributed by atoms with Gasteiger partial charge in [-0.25, -0.2) is 0 Å². The Morgan fingerprint density at radius 1 is 0.826 bits per heavy atom. The third-order valence-corrected chi connectivity index (χ3v) is 3.93. The molecule has 0 bridgehead atoms. The minimum atomic E-state index is -0.440. The summed E-state index contributed by atoms with van der Waals surface area (Å²) in [6.45, 7) is 2.29. The van der Waals surface area contributed by atoms with Crippen LogP contribution in [0.15, 0.2) is 12.2 Å². The number of carbonyl (C=O) groups is 1. The van der Waals surface area contributed by atoms with E-state index in [1.54, 1.807) is 0 Å². The molecule has 0 radical (unpaired) electrons. The third-order valence-electron chi connectivity index (χ3n) is 3.93. The molecular weight excluding hydrogens is 291 g/mol. The maximum atomic E-state index is 11.9. The van der Waals surface area contributed by atoms with Crippen molar-refractivity contribution in [2.24, 2.45) is 0 Å². The zero-order valence-corrected chi connectivity index (χ0v) is 15.2. The first-order valence-electron chi connectivity index (χ1n) is 9.67. The molecule has 0 amide bonds. The third kappa shape index (κ3) is 19.1. The lowest BCUT2D eigenvalue weighted by molar-refractivity contribution is -0.143. The van der Waals surface area contributed by atoms with Crippen molar-refractivity contribution >= 4 is 5.97 Å². The normalized spacial score (nSPS) is 11.2. The van der Waals surface area contributed by atoms with Crippen molar-refractivity contribution in [3.8, 4) is 0 Å². The highest BCUT2D eigenvalue weighted by Crippen LogP contribution is 2.10. The Morgan fingerprint density at radius 3 is 2.00 bits per heavy atom. The molecule has 0 rings (SSSR count). The van der Waals surface area contributed by atoms with Crippen molar-refractivity contribution in [3.63, 3.8) is 0 Å². The molecule has 0 N–H and O–H groups in total. The monoisotopic (exact) mass is 328 g/mol. The summed E-state index contributed by atoms with van der Waals surface area (Å²) in [5, 5.41) is 0. The van der Waals surface area contributed by atoms with Gasteiger partial charge in [-0.2, -0.15) is 0 Å². The number of unbranched alkanes of at least 4 members (excludes halogenated alkanes) is 10. The molecule has 0 saturated heterocycles. The SMILES string of the molecule is CCCC/C=C\CCCCCCCCCCOC(=O)CCCF. The van der Waals surface area contributed by atoms with E-state index in [9.17, 15) is 9.18 Å². The molecule has 0 spiro atoms. The van der Waals surface area contributed by atoms with E-state index in [1.807, 2.05) is 0 Å². The Bertz CT molecular complexity index is 277. The van der Waals surface area contributed by atoms with E-state index in [-0.39, 0.29) is 18.8 Å². The minimum Gasteiger partial charge on any atom is -0.466 e. The van der Waals surface area contributed by atoms with Crippen LogP contribution in [-0.2, 0) is 9.53 Å². The largest absolute Gasteiger partial charge is 0.466 e. The molecule has 0 aliphatic heterocycles. The lowest BCUT2D eigenvalue weighted by atomic mass is 10.1. The quantitative estimate of drug-likeness (QED) is 0.172. The molecule has 0 aromatic heterocycles. The van der Waals surface area contributed by atoms with Crippen LogP contribution in [0.4, 0.5) is 4.39 Å². The first-order chi connectivity index (χ1) is 11.3. The molecule has 0 aliphatic carbocycles. The molecule has 0 heterocycles. The van der Waals surface area contributed by atoms with Crippen molar-refractivity contribution in [2.75, 3.05) is 13.3 Å². The van der Waals surface area contributed by atoms with Crippen LogP contribution in [0.3, 0.4) is 0 Å². The fourth-order valence-corrected chi connectivity index (χ4v) is 2.45. The van der Waals surface area contributed by atoms with Gasteiger partial charge in [0.2, 0.25) is 0 Å². The van der Waals surface area contributed by atoms with Crippen molar-refractivity contribution < 1.29 is 13.9 Å². The maximum absolute atomic E-state index is 11.9. The van der Waals surface area contributed by atoms with Gasteiger partial charge in [-0.1, -0.05) is 70.4 Å². The van der Waals surface area contributed by atoms with Crippen molar-refractivity contribution in [1.82, 2.24) is 0 Å². The van der Waals surface area contributed by atoms with Crippen LogP contribution in [0.1, 0.15) is 96.8 Å². The smallest absolute Gasteiger partial charge is 0.305 e. The summed E-state index contributed by atoms with van der Waals surface area (Å²) in [7, 11) is 0. The number of carbonyl (C=O) groups excluding carboxylic acids is 1. The molecule has 136 valence electrons. The average Bonchev–Trinajstić information content (AvgIpc) is 2.56. The van der Waals surface area contributed by atoms with E-state index in [1.165, 1.54) is 64.2 Å². The number of allylic oxidation sites excluding steroid dienone is 2. The Kier molecular flexibility index (Phi) is 18.5. The second-order valence-electron chi connectivity index (χ2n) is 6.24. The van der Waals surface area contributed by atoms with Gasteiger partial charge in [0, 0.05) is 6.42 Å². The van der Waals surface area contributed by atoms with Gasteiger partial charge >= 0.3 is 5.97 Å². The number of alkyl halides is 1. The predicted molar refractivity (Wildman–Crippen MR) is 96.4 cm³/mol. The molecule has 3 heteroatoms. The van der Waals surface area contributed by atoms with Crippen LogP contribution in [-0.4, -0.2) is 19.3 Å². The highest BCUT2D eigenvalue weighted by molar-refractivity contribution is 5.69. The molecule has 0 saturated carbocycles. The van der Waals surface area contributed by atoms with E-state index in [2.05, 4.69) is 19.1 Å². The van der Waals surface area contributed by atoms with Gasteiger partial charge < -0.3 is 4.74 Å². The van der Waals surface area contributed by atoms with Crippen LogP contribution in [0.2, 0.25) is 0 Å². The summed E-state index contributed by atoms with van der Waals surface area (Å²) in [5.41, 5.74) is 0. The van der Waals surface area contributed by atoms with Gasteiger partial charge in [-0.3, -0.25) is 9.18 Å². The fraction of sp³-hybridized carbons (Fsp3) is 0.850. The van der Waals surface area contributed by atoms with Gasteiger partial charge in [0.15, 0.2) is 0 Å². The van der Waals surface area contributed by atoms with E-state index >= 15 is 0 Å². The van der Waals surface area contributed by atoms with Gasteiger partial charge in [-0.05, 0) is 32.1 Å². The van der Waals surface area contributed by atoms with Crippen molar-refractivity contribution in [3.05, 3.63) is 12.2 Å². The number of rotatable bonds is 17. The molecule has 0 atom stereocenters. The number of hydrogen-bond donors (Lipinski definition) is 0. The number of esters is 1. The summed E-state index contributed by atoms with van der Waals surface area (Å²) in [5.74, 6) is -0.258. The summed E-state index contributed by atoms with van der Waals surface area (Å²) < 4.78 is 16.9. The summed E-state index contributed by atoms with van der Waals surface area (Å²) in [6, 6.07) is 0. The number of hydrogen-bond acceptors (Lipinski definition) is 2. The van der Waals surface area contributed by atoms with Crippen LogP contribution in [0.25, 0.3) is 0 Å². The van der Waals surface area contributed by atoms with Crippen LogP contribution in [0, 0.1) is 0 Å². The molecule has 0 fully saturated rings. The molecule has 0 aromatic carbocycles. The van der Waals surface area contributed by atoms with Crippen LogP contribution < -0.4 is 0 Å². The highest BCUT2D eigenvalue weighted by atomic mass is 19.1. The molecule has 0 aliphatic rings. The standard InChI is InChI=1S/C20H37FO2/c1-2-3-4-5-6-7-8-9-10-11-12-13-14-15-19-23-20(22)17-16-18-21/h5-6H,2-4,7-19H2,1H3/b6-5-. The Balaban J connectivity index is 3.10. The summed E-state index contributed by atoms with van der Waals surface area (Å²) >= 11 is 0. The van der Waals surface area contributed by atoms with E-state index in [0.29, 0.717) is 6.61 Å². The lowest BCUT2D eigenvalue weighted by Crippen LogP contribution is -2.05. The topological polar surface area (TPSA) is 26.3 Å². The van der Waals surface area contributed by atoms with Crippen molar-refractivity contribution in [1.29, 1.82) is 0 Å². The first kappa shape index (κ1) is 22.1. The lowest BCUT2D eigenvalue weighted by Gasteiger charge is -2.04. The van der Waals surface area contributed by atoms with E-state index < -0.39 is 6.67 Å². The Hall–Kier alpha value is -0.860. The zero-order chi connectivity index (χ0) is 17.0. The van der Waals surface area contributed by atoms with Gasteiger partial charge in [0.1, 0.15) is 0 Å². The zero-order valence-electron chi connectivity index (χ0n) is 15.2. The average molecular weight is 329 g/mol. The van der Waals surface area contributed by atoms with Crippen LogP contribution in [0.5, 0.6) is 0 Å². The van der Waals surface area contributed by atoms with Crippen LogP contribution >= 0.6 is 0 Å². The highest BCUT2D eigenvalue weighted by Gasteiger charge is 2.01. The van der Waals surface area contributed by atoms with E-state index in [4.69, 9.17) is 4.74 Å². The summed E-state index contributed by atoms with van der Waals surface area (Å²) in [6.07, 6.45) is 20.1. The maximum Gasteiger partial charge on any atom is 0.305 e. The molecular formula is C20H37FO2. The van der Waals surface area contributed by atoms with Crippen molar-refractivity contribution in [2.45, 2.75) is 96.8 Å². The Labute approximate surface area is 142 Å². The van der Waals surface area contributed by atoms with E-state index in [0.717, 1.165) is 12.8 Å². The Morgan fingerprint density at radius 2 is 1.39 bits per heavy atom. The van der Waals surface area contributed by atoms with Gasteiger partial charge in [-0.15, -0.1) is 0 Å². The summed E-state index contributed by atoms with van der Waals surface area (Å²) in [4.78, 5) is 11.1. The molecule has 2 nitrogen and oxygen atoms in total. The second kappa shape index (κ2) is 19.2. The molecule has 23 heavy (non-hydrogen) atoms. The first-order valence-corrected chi connectivity index (χ1v) is 9.67. The van der Waals surface area contributed by atoms with Gasteiger partial charge in [0.25, 0.3) is 0 Å². The predicted octanol–water partition coefficient (Wildman–Crippen LogP) is 6.54. The van der Waals surface area contributed by atoms with Gasteiger partial charge in [0.05, 0.1) is 13.3 Å². The minimum absolute atomic E-state index is 0.213.